The van der Waals surface area contributed by atoms with Crippen LogP contribution in [0.4, 0.5) is 20.4 Å². The summed E-state index contributed by atoms with van der Waals surface area (Å²) >= 11 is 5.76. The number of halogens is 3. The Hall–Kier alpha value is -1.95. The first-order chi connectivity index (χ1) is 10.1. The summed E-state index contributed by atoms with van der Waals surface area (Å²) in [6, 6.07) is 3.50. The Labute approximate surface area is 126 Å². The van der Waals surface area contributed by atoms with Gasteiger partial charge in [0, 0.05) is 32.2 Å². The van der Waals surface area contributed by atoms with Crippen molar-refractivity contribution < 1.29 is 8.78 Å². The van der Waals surface area contributed by atoms with E-state index in [9.17, 15) is 8.78 Å². The first kappa shape index (κ1) is 14.0. The quantitative estimate of drug-likeness (QED) is 0.854. The monoisotopic (exact) mass is 310 g/mol. The highest BCUT2D eigenvalue weighted by molar-refractivity contribution is 6.30. The Balaban J connectivity index is 1.70. The molecule has 1 aliphatic rings. The molecule has 0 radical (unpaired) electrons. The van der Waals surface area contributed by atoms with Crippen molar-refractivity contribution in [1.82, 2.24) is 9.97 Å². The Morgan fingerprint density at radius 2 is 1.57 bits per heavy atom. The standard InChI is InChI=1S/C14H13ClF2N4/c15-10-8-18-14(19-9-10)21-5-3-20(4-6-21)13-7-11(16)1-2-12(13)17/h1-2,7-9H,3-6H2. The Bertz CT molecular complexity index is 627. The van der Waals surface area contributed by atoms with Gasteiger partial charge in [-0.15, -0.1) is 0 Å². The largest absolute Gasteiger partial charge is 0.366 e. The highest BCUT2D eigenvalue weighted by atomic mass is 35.5. The highest BCUT2D eigenvalue weighted by Crippen LogP contribution is 2.23. The molecule has 1 aromatic heterocycles. The maximum atomic E-state index is 13.8. The van der Waals surface area contributed by atoms with Gasteiger partial charge in [0.2, 0.25) is 5.95 Å². The molecule has 21 heavy (non-hydrogen) atoms. The van der Waals surface area contributed by atoms with E-state index in [0.717, 1.165) is 12.1 Å². The van der Waals surface area contributed by atoms with Crippen LogP contribution in [0, 0.1) is 11.6 Å². The first-order valence-corrected chi connectivity index (χ1v) is 6.94. The molecule has 0 amide bonds. The Kier molecular flexibility index (Phi) is 3.88. The number of nitrogens with zero attached hydrogens (tertiary/aromatic N) is 4. The van der Waals surface area contributed by atoms with E-state index >= 15 is 0 Å². The summed E-state index contributed by atoms with van der Waals surface area (Å²) in [5.74, 6) is -0.249. The smallest absolute Gasteiger partial charge is 0.225 e. The normalized spacial score (nSPS) is 15.4. The van der Waals surface area contributed by atoms with Gasteiger partial charge in [-0.1, -0.05) is 11.6 Å². The molecular formula is C14H13ClF2N4. The van der Waals surface area contributed by atoms with Gasteiger partial charge < -0.3 is 9.80 Å². The van der Waals surface area contributed by atoms with E-state index < -0.39 is 11.6 Å². The van der Waals surface area contributed by atoms with Crippen LogP contribution >= 0.6 is 11.6 Å². The minimum absolute atomic E-state index is 0.298. The lowest BCUT2D eigenvalue weighted by atomic mass is 10.2. The zero-order valence-electron chi connectivity index (χ0n) is 11.1. The second-order valence-electron chi connectivity index (χ2n) is 4.77. The Morgan fingerprint density at radius 3 is 2.24 bits per heavy atom. The van der Waals surface area contributed by atoms with Gasteiger partial charge in [-0.25, -0.2) is 18.7 Å². The summed E-state index contributed by atoms with van der Waals surface area (Å²) in [7, 11) is 0. The van der Waals surface area contributed by atoms with Crippen molar-refractivity contribution >= 4 is 23.2 Å². The Morgan fingerprint density at radius 1 is 0.952 bits per heavy atom. The average Bonchev–Trinajstić information content (AvgIpc) is 2.51. The molecule has 1 aromatic carbocycles. The molecule has 2 heterocycles. The lowest BCUT2D eigenvalue weighted by Crippen LogP contribution is -2.47. The van der Waals surface area contributed by atoms with Crippen LogP contribution in [-0.4, -0.2) is 36.1 Å². The summed E-state index contributed by atoms with van der Waals surface area (Å²) in [4.78, 5) is 12.1. The number of rotatable bonds is 2. The van der Waals surface area contributed by atoms with Crippen molar-refractivity contribution in [2.45, 2.75) is 0 Å². The molecule has 0 spiro atoms. The molecule has 0 N–H and O–H groups in total. The van der Waals surface area contributed by atoms with E-state index in [1.165, 1.54) is 6.07 Å². The topological polar surface area (TPSA) is 32.3 Å². The van der Waals surface area contributed by atoms with Crippen molar-refractivity contribution in [2.75, 3.05) is 36.0 Å². The number of hydrogen-bond donors (Lipinski definition) is 0. The number of piperazine rings is 1. The van der Waals surface area contributed by atoms with Crippen LogP contribution in [0.15, 0.2) is 30.6 Å². The fraction of sp³-hybridized carbons (Fsp3) is 0.286. The molecule has 0 saturated carbocycles. The molecule has 2 aromatic rings. The average molecular weight is 311 g/mol. The summed E-state index contributed by atoms with van der Waals surface area (Å²) < 4.78 is 27.0. The van der Waals surface area contributed by atoms with Crippen molar-refractivity contribution in [3.05, 3.63) is 47.2 Å². The maximum Gasteiger partial charge on any atom is 0.225 e. The third-order valence-corrected chi connectivity index (χ3v) is 3.61. The van der Waals surface area contributed by atoms with Gasteiger partial charge in [-0.05, 0) is 12.1 Å². The molecule has 4 nitrogen and oxygen atoms in total. The maximum absolute atomic E-state index is 13.8. The third-order valence-electron chi connectivity index (χ3n) is 3.42. The minimum atomic E-state index is -0.435. The van der Waals surface area contributed by atoms with E-state index in [1.807, 2.05) is 9.80 Å². The molecule has 3 rings (SSSR count). The van der Waals surface area contributed by atoms with E-state index in [2.05, 4.69) is 9.97 Å². The molecule has 0 bridgehead atoms. The second-order valence-corrected chi connectivity index (χ2v) is 5.21. The molecule has 7 heteroatoms. The molecule has 0 unspecified atom stereocenters. The number of hydrogen-bond acceptors (Lipinski definition) is 4. The van der Waals surface area contributed by atoms with Gasteiger partial charge in [-0.2, -0.15) is 0 Å². The van der Waals surface area contributed by atoms with Crippen LogP contribution in [0.25, 0.3) is 0 Å². The highest BCUT2D eigenvalue weighted by Gasteiger charge is 2.21. The lowest BCUT2D eigenvalue weighted by molar-refractivity contribution is 0.578. The zero-order valence-corrected chi connectivity index (χ0v) is 11.9. The van der Waals surface area contributed by atoms with Crippen LogP contribution in [0.1, 0.15) is 0 Å². The number of aromatic nitrogens is 2. The summed E-state index contributed by atoms with van der Waals surface area (Å²) in [5, 5.41) is 0.485. The van der Waals surface area contributed by atoms with E-state index in [4.69, 9.17) is 11.6 Å². The van der Waals surface area contributed by atoms with Gasteiger partial charge in [0.1, 0.15) is 11.6 Å². The summed E-state index contributed by atoms with van der Waals surface area (Å²) in [6.07, 6.45) is 3.09. The molecule has 1 aliphatic heterocycles. The van der Waals surface area contributed by atoms with E-state index in [1.54, 1.807) is 12.4 Å². The third kappa shape index (κ3) is 3.05. The van der Waals surface area contributed by atoms with Crippen LogP contribution in [0.3, 0.4) is 0 Å². The predicted molar refractivity (Wildman–Crippen MR) is 77.8 cm³/mol. The molecular weight excluding hydrogens is 298 g/mol. The number of benzene rings is 1. The number of anilines is 2. The molecule has 110 valence electrons. The van der Waals surface area contributed by atoms with Crippen molar-refractivity contribution in [1.29, 1.82) is 0 Å². The van der Waals surface area contributed by atoms with Crippen LogP contribution in [-0.2, 0) is 0 Å². The zero-order chi connectivity index (χ0) is 14.8. The molecule has 1 fully saturated rings. The van der Waals surface area contributed by atoms with E-state index in [-0.39, 0.29) is 0 Å². The lowest BCUT2D eigenvalue weighted by Gasteiger charge is -2.36. The summed E-state index contributed by atoms with van der Waals surface area (Å²) in [5.41, 5.74) is 0.298. The fourth-order valence-corrected chi connectivity index (χ4v) is 2.44. The van der Waals surface area contributed by atoms with Crippen molar-refractivity contribution in [2.24, 2.45) is 0 Å². The first-order valence-electron chi connectivity index (χ1n) is 6.56. The van der Waals surface area contributed by atoms with Crippen LogP contribution in [0.2, 0.25) is 5.02 Å². The predicted octanol–water partition coefficient (Wildman–Crippen LogP) is 2.73. The molecule has 1 saturated heterocycles. The van der Waals surface area contributed by atoms with Crippen molar-refractivity contribution in [3.8, 4) is 0 Å². The summed E-state index contributed by atoms with van der Waals surface area (Å²) in [6.45, 7) is 2.42. The fourth-order valence-electron chi connectivity index (χ4n) is 2.34. The van der Waals surface area contributed by atoms with Gasteiger partial charge >= 0.3 is 0 Å². The van der Waals surface area contributed by atoms with Crippen LogP contribution in [0.5, 0.6) is 0 Å². The SMILES string of the molecule is Fc1ccc(F)c(N2CCN(c3ncc(Cl)cn3)CC2)c1. The van der Waals surface area contributed by atoms with Gasteiger partial charge in [0.05, 0.1) is 23.1 Å². The van der Waals surface area contributed by atoms with Crippen LogP contribution < -0.4 is 9.80 Å². The second kappa shape index (κ2) is 5.81. The van der Waals surface area contributed by atoms with E-state index in [0.29, 0.717) is 42.8 Å². The van der Waals surface area contributed by atoms with Crippen molar-refractivity contribution in [3.63, 3.8) is 0 Å². The van der Waals surface area contributed by atoms with Gasteiger partial charge in [0.15, 0.2) is 0 Å². The molecule has 0 atom stereocenters. The minimum Gasteiger partial charge on any atom is -0.366 e. The van der Waals surface area contributed by atoms with Gasteiger partial charge in [0.25, 0.3) is 0 Å². The molecule has 0 aliphatic carbocycles. The van der Waals surface area contributed by atoms with Gasteiger partial charge in [-0.3, -0.25) is 0 Å².